The highest BCUT2D eigenvalue weighted by atomic mass is 16.6. The molecular formula is C33H50N8O5. The second-order valence-electron chi connectivity index (χ2n) is 14.4. The second-order valence-corrected chi connectivity index (χ2v) is 14.4. The van der Waals surface area contributed by atoms with Gasteiger partial charge < -0.3 is 29.7 Å². The van der Waals surface area contributed by atoms with E-state index in [4.69, 9.17) is 14.5 Å². The Labute approximate surface area is 271 Å². The van der Waals surface area contributed by atoms with Crippen LogP contribution in [0.5, 0.6) is 0 Å². The van der Waals surface area contributed by atoms with E-state index in [0.29, 0.717) is 36.8 Å². The Morgan fingerprint density at radius 1 is 1.13 bits per heavy atom. The summed E-state index contributed by atoms with van der Waals surface area (Å²) in [6.07, 6.45) is 2.38. The van der Waals surface area contributed by atoms with Gasteiger partial charge in [-0.3, -0.25) is 4.90 Å². The molecule has 2 atom stereocenters. The van der Waals surface area contributed by atoms with Crippen molar-refractivity contribution in [2.45, 2.75) is 91.6 Å². The number of anilines is 3. The highest BCUT2D eigenvalue weighted by Gasteiger charge is 2.33. The Hall–Kier alpha value is -4.13. The van der Waals surface area contributed by atoms with Crippen LogP contribution in [-0.2, 0) is 16.0 Å². The average molecular weight is 639 g/mol. The number of ether oxygens (including phenoxy) is 2. The summed E-state index contributed by atoms with van der Waals surface area (Å²) >= 11 is 0. The fourth-order valence-electron chi connectivity index (χ4n) is 5.28. The van der Waals surface area contributed by atoms with Gasteiger partial charge in [-0.2, -0.15) is 9.61 Å². The van der Waals surface area contributed by atoms with Gasteiger partial charge in [-0.25, -0.2) is 19.6 Å². The van der Waals surface area contributed by atoms with E-state index < -0.39 is 29.5 Å². The quantitative estimate of drug-likeness (QED) is 0.335. The molecule has 3 aromatic rings. The molecule has 1 aliphatic rings. The fourth-order valence-corrected chi connectivity index (χ4v) is 5.28. The van der Waals surface area contributed by atoms with Crippen LogP contribution in [0.25, 0.3) is 5.65 Å². The van der Waals surface area contributed by atoms with Crippen LogP contribution in [0, 0.1) is 5.92 Å². The van der Waals surface area contributed by atoms with Crippen molar-refractivity contribution < 1.29 is 24.2 Å². The Morgan fingerprint density at radius 3 is 2.43 bits per heavy atom. The molecule has 0 radical (unpaired) electrons. The summed E-state index contributed by atoms with van der Waals surface area (Å²) in [6, 6.07) is 5.56. The Balaban J connectivity index is 1.67. The molecule has 0 bridgehead atoms. The number of fused-ring (bicyclic) bond motifs is 1. The maximum absolute atomic E-state index is 13.9. The summed E-state index contributed by atoms with van der Waals surface area (Å²) in [7, 11) is 3.82. The zero-order valence-electron chi connectivity index (χ0n) is 28.9. The van der Waals surface area contributed by atoms with Crippen LogP contribution in [0.3, 0.4) is 0 Å². The van der Waals surface area contributed by atoms with Crippen LogP contribution in [0.4, 0.5) is 27.0 Å². The van der Waals surface area contributed by atoms with Crippen molar-refractivity contribution in [3.05, 3.63) is 41.7 Å². The van der Waals surface area contributed by atoms with Crippen molar-refractivity contribution in [3.8, 4) is 0 Å². The number of β-amino-alcohol motifs (C(OH)–C–C–N with tert-alkyl or cyclic N) is 1. The highest BCUT2D eigenvalue weighted by Crippen LogP contribution is 2.30. The van der Waals surface area contributed by atoms with Crippen LogP contribution in [0.15, 0.2) is 30.6 Å². The van der Waals surface area contributed by atoms with Crippen molar-refractivity contribution >= 4 is 35.3 Å². The van der Waals surface area contributed by atoms with Crippen molar-refractivity contribution in [3.63, 3.8) is 0 Å². The van der Waals surface area contributed by atoms with Gasteiger partial charge in [-0.1, -0.05) is 19.9 Å². The standard InChI is InChI=1S/C33H50N8O5/c1-21(2)24-18-36-41-27(40(31(44)46-33(6,7)8)19-23-12-11-14-34-28(23)38(9)10)16-26(37-29(24)41)35-17-22-13-15-39(20-25(22)42)30(43)45-32(3,4)5/h11-12,14,16,18,21-22,25,42H,13,15,17,19-20H2,1-10H3,(H,35,37)/t22-,25+/m1/s1. The van der Waals surface area contributed by atoms with E-state index in [0.717, 1.165) is 16.9 Å². The number of pyridine rings is 1. The summed E-state index contributed by atoms with van der Waals surface area (Å²) in [5.74, 6) is 1.73. The first-order valence-corrected chi connectivity index (χ1v) is 15.8. The lowest BCUT2D eigenvalue weighted by Crippen LogP contribution is -2.49. The smallest absolute Gasteiger partial charge is 0.416 e. The summed E-state index contributed by atoms with van der Waals surface area (Å²) in [4.78, 5) is 40.9. The lowest BCUT2D eigenvalue weighted by atomic mass is 9.94. The van der Waals surface area contributed by atoms with Gasteiger partial charge in [0, 0.05) is 56.5 Å². The molecule has 1 aliphatic heterocycles. The first-order valence-electron chi connectivity index (χ1n) is 15.8. The number of carbonyl (C=O) groups excluding carboxylic acids is 2. The first kappa shape index (κ1) is 34.7. The molecule has 4 rings (SSSR count). The molecule has 2 amide bonds. The van der Waals surface area contributed by atoms with E-state index in [1.165, 1.54) is 0 Å². The summed E-state index contributed by atoms with van der Waals surface area (Å²) in [5.41, 5.74) is 1.02. The Morgan fingerprint density at radius 2 is 1.83 bits per heavy atom. The van der Waals surface area contributed by atoms with Gasteiger partial charge in [0.1, 0.15) is 28.7 Å². The molecule has 2 N–H and O–H groups in total. The summed E-state index contributed by atoms with van der Waals surface area (Å²) in [6.45, 7) is 16.3. The van der Waals surface area contributed by atoms with Crippen LogP contribution in [-0.4, -0.2) is 92.8 Å². The second kappa shape index (κ2) is 13.7. The van der Waals surface area contributed by atoms with Gasteiger partial charge in [0.15, 0.2) is 5.65 Å². The molecule has 46 heavy (non-hydrogen) atoms. The minimum atomic E-state index is -0.744. The fraction of sp³-hybridized carbons (Fsp3) is 0.606. The number of aliphatic hydroxyl groups excluding tert-OH is 1. The number of amides is 2. The molecule has 13 heteroatoms. The molecule has 0 aliphatic carbocycles. The SMILES string of the molecule is CC(C)c1cnn2c(N(Cc3cccnc3N(C)C)C(=O)OC(C)(C)C)cc(NC[C@H]3CCN(C(=O)OC(C)(C)C)C[C@@H]3O)nc12. The minimum absolute atomic E-state index is 0.126. The predicted octanol–water partition coefficient (Wildman–Crippen LogP) is 5.29. The molecular weight excluding hydrogens is 588 g/mol. The zero-order chi connectivity index (χ0) is 34.0. The van der Waals surface area contributed by atoms with Crippen molar-refractivity contribution in [2.75, 3.05) is 48.8 Å². The van der Waals surface area contributed by atoms with Crippen LogP contribution >= 0.6 is 0 Å². The molecule has 0 aromatic carbocycles. The lowest BCUT2D eigenvalue weighted by Gasteiger charge is -2.36. The largest absolute Gasteiger partial charge is 0.444 e. The van der Waals surface area contributed by atoms with Gasteiger partial charge >= 0.3 is 12.2 Å². The molecule has 0 saturated carbocycles. The van der Waals surface area contributed by atoms with Gasteiger partial charge in [0.25, 0.3) is 0 Å². The van der Waals surface area contributed by atoms with E-state index >= 15 is 0 Å². The molecule has 1 fully saturated rings. The maximum atomic E-state index is 13.9. The summed E-state index contributed by atoms with van der Waals surface area (Å²) < 4.78 is 13.1. The molecule has 4 heterocycles. The zero-order valence-corrected chi connectivity index (χ0v) is 28.9. The molecule has 3 aromatic heterocycles. The highest BCUT2D eigenvalue weighted by molar-refractivity contribution is 5.88. The monoisotopic (exact) mass is 638 g/mol. The molecule has 0 spiro atoms. The van der Waals surface area contributed by atoms with E-state index in [9.17, 15) is 14.7 Å². The van der Waals surface area contributed by atoms with Gasteiger partial charge in [-0.15, -0.1) is 0 Å². The predicted molar refractivity (Wildman–Crippen MR) is 178 cm³/mol. The van der Waals surface area contributed by atoms with Crippen molar-refractivity contribution in [2.24, 2.45) is 5.92 Å². The number of nitrogens with one attached hydrogen (secondary N) is 1. The number of nitrogens with zero attached hydrogens (tertiary/aromatic N) is 7. The van der Waals surface area contributed by atoms with Crippen LogP contribution < -0.4 is 15.1 Å². The van der Waals surface area contributed by atoms with E-state index in [2.05, 4.69) is 29.2 Å². The van der Waals surface area contributed by atoms with E-state index in [1.807, 2.05) is 72.7 Å². The number of piperidine rings is 1. The molecule has 252 valence electrons. The molecule has 1 saturated heterocycles. The normalized spacial score (nSPS) is 17.3. The van der Waals surface area contributed by atoms with Gasteiger partial charge in [0.05, 0.1) is 25.4 Å². The average Bonchev–Trinajstić information content (AvgIpc) is 3.37. The summed E-state index contributed by atoms with van der Waals surface area (Å²) in [5, 5.41) is 19.0. The number of aromatic nitrogens is 4. The third-order valence-electron chi connectivity index (χ3n) is 7.53. The topological polar surface area (TPSA) is 138 Å². The number of hydrogen-bond acceptors (Lipinski definition) is 10. The molecule has 0 unspecified atom stereocenters. The Kier molecular flexibility index (Phi) is 10.3. The number of likely N-dealkylation sites (tertiary alicyclic amines) is 1. The van der Waals surface area contributed by atoms with Crippen molar-refractivity contribution in [1.29, 1.82) is 0 Å². The van der Waals surface area contributed by atoms with Crippen LogP contribution in [0.1, 0.15) is 78.9 Å². The van der Waals surface area contributed by atoms with Crippen molar-refractivity contribution in [1.82, 2.24) is 24.5 Å². The van der Waals surface area contributed by atoms with Crippen LogP contribution in [0.2, 0.25) is 0 Å². The number of rotatable bonds is 8. The number of aliphatic hydroxyl groups is 1. The number of carbonyl (C=O) groups is 2. The number of hydrogen-bond donors (Lipinski definition) is 2. The Bertz CT molecular complexity index is 1520. The van der Waals surface area contributed by atoms with Gasteiger partial charge in [0.2, 0.25) is 0 Å². The lowest BCUT2D eigenvalue weighted by molar-refractivity contribution is -0.0104. The third-order valence-corrected chi connectivity index (χ3v) is 7.53. The third kappa shape index (κ3) is 8.56. The maximum Gasteiger partial charge on any atom is 0.416 e. The molecule has 13 nitrogen and oxygen atoms in total. The van der Waals surface area contributed by atoms with E-state index in [-0.39, 0.29) is 24.9 Å². The minimum Gasteiger partial charge on any atom is -0.444 e. The first-order chi connectivity index (χ1) is 21.4. The van der Waals surface area contributed by atoms with Gasteiger partial charge in [-0.05, 0) is 59.9 Å². The van der Waals surface area contributed by atoms with E-state index in [1.54, 1.807) is 32.8 Å².